The number of anilines is 2. The molecule has 2 aromatic rings. The first-order valence-electron chi connectivity index (χ1n) is 6.34. The van der Waals surface area contributed by atoms with Gasteiger partial charge in [-0.2, -0.15) is 4.98 Å². The molecular formula is C13H20N4OS. The molecule has 0 aromatic carbocycles. The van der Waals surface area contributed by atoms with Gasteiger partial charge in [-0.15, -0.1) is 11.3 Å². The molecule has 19 heavy (non-hydrogen) atoms. The number of aromatic nitrogens is 2. The van der Waals surface area contributed by atoms with Crippen molar-refractivity contribution in [1.29, 1.82) is 0 Å². The third kappa shape index (κ3) is 3.54. The topological polar surface area (TPSA) is 84.1 Å². The molecule has 104 valence electrons. The van der Waals surface area contributed by atoms with Crippen LogP contribution in [0.5, 0.6) is 0 Å². The third-order valence-electron chi connectivity index (χ3n) is 2.83. The lowest BCUT2D eigenvalue weighted by molar-refractivity contribution is 0.0515. The minimum Gasteiger partial charge on any atom is -0.388 e. The van der Waals surface area contributed by atoms with Gasteiger partial charge in [-0.1, -0.05) is 13.8 Å². The molecule has 0 spiro atoms. The van der Waals surface area contributed by atoms with Gasteiger partial charge in [0.15, 0.2) is 0 Å². The van der Waals surface area contributed by atoms with E-state index in [1.165, 1.54) is 11.3 Å². The molecule has 0 saturated heterocycles. The van der Waals surface area contributed by atoms with Crippen LogP contribution in [0.15, 0.2) is 11.4 Å². The van der Waals surface area contributed by atoms with Crippen molar-refractivity contribution < 1.29 is 5.11 Å². The zero-order valence-corrected chi connectivity index (χ0v) is 12.3. The predicted molar refractivity (Wildman–Crippen MR) is 80.4 cm³/mol. The Balaban J connectivity index is 2.15. The fourth-order valence-electron chi connectivity index (χ4n) is 2.23. The molecule has 0 amide bonds. The Morgan fingerprint density at radius 3 is 2.89 bits per heavy atom. The summed E-state index contributed by atoms with van der Waals surface area (Å²) in [5.74, 6) is 1.38. The summed E-state index contributed by atoms with van der Waals surface area (Å²) < 4.78 is 0. The van der Waals surface area contributed by atoms with E-state index in [9.17, 15) is 5.11 Å². The summed E-state index contributed by atoms with van der Waals surface area (Å²) in [7, 11) is 0. The van der Waals surface area contributed by atoms with Crippen LogP contribution in [0.1, 0.15) is 27.2 Å². The van der Waals surface area contributed by atoms with E-state index >= 15 is 0 Å². The van der Waals surface area contributed by atoms with Crippen LogP contribution in [0.2, 0.25) is 0 Å². The number of thiophene rings is 1. The maximum atomic E-state index is 10.3. The van der Waals surface area contributed by atoms with Crippen molar-refractivity contribution >= 4 is 33.3 Å². The summed E-state index contributed by atoms with van der Waals surface area (Å²) in [6.07, 6.45) is 0.730. The fourth-order valence-corrected chi connectivity index (χ4v) is 3.00. The average molecular weight is 280 g/mol. The summed E-state index contributed by atoms with van der Waals surface area (Å²) in [6, 6.07) is 1.96. The number of nitrogens with two attached hydrogens (primary N) is 1. The average Bonchev–Trinajstić information content (AvgIpc) is 2.71. The van der Waals surface area contributed by atoms with Crippen LogP contribution < -0.4 is 11.1 Å². The van der Waals surface area contributed by atoms with Gasteiger partial charge in [0, 0.05) is 6.54 Å². The molecule has 2 rings (SSSR count). The second-order valence-electron chi connectivity index (χ2n) is 5.52. The Bertz CT molecular complexity index is 565. The number of nitrogens with zero attached hydrogens (tertiary/aromatic N) is 2. The van der Waals surface area contributed by atoms with Crippen LogP contribution in [0.3, 0.4) is 0 Å². The van der Waals surface area contributed by atoms with Crippen LogP contribution >= 0.6 is 11.3 Å². The van der Waals surface area contributed by atoms with Crippen molar-refractivity contribution in [1.82, 2.24) is 9.97 Å². The van der Waals surface area contributed by atoms with Crippen molar-refractivity contribution in [3.8, 4) is 0 Å². The quantitative estimate of drug-likeness (QED) is 0.783. The normalized spacial score (nSPS) is 14.8. The van der Waals surface area contributed by atoms with Crippen LogP contribution in [0, 0.1) is 5.92 Å². The maximum absolute atomic E-state index is 10.3. The van der Waals surface area contributed by atoms with Crippen molar-refractivity contribution in [3.05, 3.63) is 11.4 Å². The molecule has 6 heteroatoms. The van der Waals surface area contributed by atoms with Gasteiger partial charge in [-0.05, 0) is 30.7 Å². The Hall–Kier alpha value is -1.40. The molecule has 0 radical (unpaired) electrons. The highest BCUT2D eigenvalue weighted by Crippen LogP contribution is 2.26. The van der Waals surface area contributed by atoms with E-state index in [1.54, 1.807) is 0 Å². The van der Waals surface area contributed by atoms with Gasteiger partial charge in [-0.25, -0.2) is 4.98 Å². The summed E-state index contributed by atoms with van der Waals surface area (Å²) in [5, 5.41) is 16.4. The molecule has 0 aliphatic carbocycles. The number of aliphatic hydroxyl groups is 1. The van der Waals surface area contributed by atoms with Gasteiger partial charge < -0.3 is 16.2 Å². The Morgan fingerprint density at radius 2 is 2.21 bits per heavy atom. The highest BCUT2D eigenvalue weighted by molar-refractivity contribution is 7.16. The van der Waals surface area contributed by atoms with Crippen molar-refractivity contribution in [2.45, 2.75) is 32.8 Å². The van der Waals surface area contributed by atoms with Gasteiger partial charge in [0.05, 0.1) is 11.0 Å². The van der Waals surface area contributed by atoms with E-state index < -0.39 is 5.60 Å². The van der Waals surface area contributed by atoms with E-state index in [-0.39, 0.29) is 5.95 Å². The molecular weight excluding hydrogens is 260 g/mol. The van der Waals surface area contributed by atoms with Gasteiger partial charge >= 0.3 is 0 Å². The lowest BCUT2D eigenvalue weighted by atomic mass is 9.94. The second-order valence-corrected chi connectivity index (χ2v) is 6.41. The van der Waals surface area contributed by atoms with Crippen molar-refractivity contribution in [3.63, 3.8) is 0 Å². The lowest BCUT2D eigenvalue weighted by Crippen LogP contribution is -2.35. The second kappa shape index (κ2) is 5.30. The van der Waals surface area contributed by atoms with Crippen molar-refractivity contribution in [2.24, 2.45) is 5.92 Å². The molecule has 1 atom stereocenters. The summed E-state index contributed by atoms with van der Waals surface area (Å²) in [6.45, 7) is 6.45. The number of hydrogen-bond acceptors (Lipinski definition) is 6. The number of fused-ring (bicyclic) bond motifs is 1. The largest absolute Gasteiger partial charge is 0.388 e. The van der Waals surface area contributed by atoms with E-state index in [1.807, 2.05) is 18.4 Å². The Morgan fingerprint density at radius 1 is 1.47 bits per heavy atom. The minimum atomic E-state index is -0.768. The molecule has 0 aliphatic rings. The predicted octanol–water partition coefficient (Wildman–Crippen LogP) is 2.48. The summed E-state index contributed by atoms with van der Waals surface area (Å²) in [4.78, 5) is 9.24. The van der Waals surface area contributed by atoms with Crippen LogP contribution in [0.25, 0.3) is 10.2 Å². The zero-order valence-electron chi connectivity index (χ0n) is 11.5. The van der Waals surface area contributed by atoms with E-state index in [0.29, 0.717) is 18.3 Å². The number of nitrogen functional groups attached to an aromatic ring is 1. The van der Waals surface area contributed by atoms with Gasteiger partial charge in [0.2, 0.25) is 5.95 Å². The van der Waals surface area contributed by atoms with E-state index in [4.69, 9.17) is 5.73 Å². The summed E-state index contributed by atoms with van der Waals surface area (Å²) >= 11 is 1.53. The molecule has 0 aliphatic heterocycles. The molecule has 2 heterocycles. The Labute approximate surface area is 116 Å². The first-order chi connectivity index (χ1) is 8.87. The monoisotopic (exact) mass is 280 g/mol. The van der Waals surface area contributed by atoms with Gasteiger partial charge in [-0.3, -0.25) is 0 Å². The number of nitrogens with one attached hydrogen (secondary N) is 1. The highest BCUT2D eigenvalue weighted by atomic mass is 32.1. The first kappa shape index (κ1) is 14.0. The lowest BCUT2D eigenvalue weighted by Gasteiger charge is -2.26. The smallest absolute Gasteiger partial charge is 0.223 e. The van der Waals surface area contributed by atoms with E-state index in [2.05, 4.69) is 29.1 Å². The van der Waals surface area contributed by atoms with Crippen LogP contribution in [-0.2, 0) is 0 Å². The molecule has 5 nitrogen and oxygen atoms in total. The standard InChI is InChI=1S/C13H20N4OS/c1-8(2)6-13(3,18)7-15-10-9-4-5-19-11(9)17-12(14)16-10/h4-5,8,18H,6-7H2,1-3H3,(H3,14,15,16,17). The fraction of sp³-hybridized carbons (Fsp3) is 0.538. The third-order valence-corrected chi connectivity index (χ3v) is 3.63. The molecule has 4 N–H and O–H groups in total. The maximum Gasteiger partial charge on any atom is 0.223 e. The number of hydrogen-bond donors (Lipinski definition) is 3. The SMILES string of the molecule is CC(C)CC(C)(O)CNc1nc(N)nc2sccc12. The van der Waals surface area contributed by atoms with Gasteiger partial charge in [0.1, 0.15) is 10.6 Å². The first-order valence-corrected chi connectivity index (χ1v) is 7.22. The zero-order chi connectivity index (χ0) is 14.0. The molecule has 0 fully saturated rings. The van der Waals surface area contributed by atoms with Crippen LogP contribution in [0.4, 0.5) is 11.8 Å². The Kier molecular flexibility index (Phi) is 3.91. The summed E-state index contributed by atoms with van der Waals surface area (Å²) in [5.41, 5.74) is 4.92. The van der Waals surface area contributed by atoms with Crippen LogP contribution in [-0.4, -0.2) is 27.2 Å². The molecule has 0 bridgehead atoms. The molecule has 0 saturated carbocycles. The minimum absolute atomic E-state index is 0.251. The highest BCUT2D eigenvalue weighted by Gasteiger charge is 2.22. The van der Waals surface area contributed by atoms with Gasteiger partial charge in [0.25, 0.3) is 0 Å². The molecule has 2 aromatic heterocycles. The molecule has 1 unspecified atom stereocenters. The van der Waals surface area contributed by atoms with Crippen molar-refractivity contribution in [2.75, 3.05) is 17.6 Å². The number of rotatable bonds is 5. The van der Waals surface area contributed by atoms with E-state index in [0.717, 1.165) is 16.6 Å².